The number of imidazole rings is 1. The lowest BCUT2D eigenvalue weighted by Gasteiger charge is -2.55. The van der Waals surface area contributed by atoms with E-state index in [0.29, 0.717) is 29.3 Å². The van der Waals surface area contributed by atoms with E-state index in [4.69, 9.17) is 0 Å². The minimum atomic E-state index is -1.06. The van der Waals surface area contributed by atoms with Crippen molar-refractivity contribution in [3.8, 4) is 22.7 Å². The lowest BCUT2D eigenvalue weighted by Crippen LogP contribution is -2.68. The smallest absolute Gasteiger partial charge is 0.139 e. The molecule has 0 spiro atoms. The predicted octanol–water partition coefficient (Wildman–Crippen LogP) is 4.70. The Morgan fingerprint density at radius 2 is 2.03 bits per heavy atom. The third kappa shape index (κ3) is 3.71. The molecule has 0 amide bonds. The summed E-state index contributed by atoms with van der Waals surface area (Å²) >= 11 is 0. The first-order chi connectivity index (χ1) is 15.2. The SMILES string of the molecule is C[C@@H]1C[C@@]2(C)C/C(=C/c3ccc(-c4ccc(-n5ccnc5)cc4O)nn3)[C@@H](F)[C@@](C)(C1)N2. The zero-order chi connectivity index (χ0) is 22.5. The number of nitrogens with zero attached hydrogens (tertiary/aromatic N) is 4. The average molecular weight is 434 g/mol. The van der Waals surface area contributed by atoms with E-state index < -0.39 is 11.7 Å². The molecule has 2 fully saturated rings. The van der Waals surface area contributed by atoms with Crippen LogP contribution in [-0.4, -0.2) is 42.1 Å². The highest BCUT2D eigenvalue weighted by Crippen LogP contribution is 2.46. The van der Waals surface area contributed by atoms with Crippen molar-refractivity contribution in [3.63, 3.8) is 0 Å². The fourth-order valence-electron chi connectivity index (χ4n) is 5.78. The monoisotopic (exact) mass is 433 g/mol. The molecule has 4 heterocycles. The van der Waals surface area contributed by atoms with Crippen LogP contribution in [-0.2, 0) is 0 Å². The summed E-state index contributed by atoms with van der Waals surface area (Å²) in [5.74, 6) is 0.611. The van der Waals surface area contributed by atoms with E-state index in [0.717, 1.165) is 24.1 Å². The molecule has 166 valence electrons. The van der Waals surface area contributed by atoms with Crippen molar-refractivity contribution in [2.75, 3.05) is 0 Å². The van der Waals surface area contributed by atoms with Crippen LogP contribution >= 0.6 is 0 Å². The number of fused-ring (bicyclic) bond motifs is 2. The van der Waals surface area contributed by atoms with Crippen LogP contribution in [0.25, 0.3) is 23.0 Å². The van der Waals surface area contributed by atoms with Gasteiger partial charge in [0.05, 0.1) is 28.9 Å². The van der Waals surface area contributed by atoms with E-state index in [-0.39, 0.29) is 11.3 Å². The highest BCUT2D eigenvalue weighted by molar-refractivity contribution is 5.69. The number of rotatable bonds is 3. The topological polar surface area (TPSA) is 75.9 Å². The number of nitrogens with one attached hydrogen (secondary N) is 1. The second-order valence-corrected chi connectivity index (χ2v) is 9.89. The lowest BCUT2D eigenvalue weighted by molar-refractivity contribution is 0.0299. The van der Waals surface area contributed by atoms with Gasteiger partial charge in [0, 0.05) is 29.6 Å². The normalized spacial score (nSPS) is 31.1. The molecule has 5 rings (SSSR count). The van der Waals surface area contributed by atoms with E-state index in [2.05, 4.69) is 34.3 Å². The van der Waals surface area contributed by atoms with Crippen molar-refractivity contribution in [2.45, 2.75) is 57.3 Å². The molecule has 7 heteroatoms. The van der Waals surface area contributed by atoms with Crippen LogP contribution < -0.4 is 5.32 Å². The fourth-order valence-corrected chi connectivity index (χ4v) is 5.78. The van der Waals surface area contributed by atoms with Gasteiger partial charge in [0.15, 0.2) is 0 Å². The largest absolute Gasteiger partial charge is 0.507 e. The van der Waals surface area contributed by atoms with E-state index in [1.165, 1.54) is 0 Å². The van der Waals surface area contributed by atoms with E-state index in [9.17, 15) is 5.11 Å². The molecule has 2 bridgehead atoms. The van der Waals surface area contributed by atoms with Crippen LogP contribution in [0.3, 0.4) is 0 Å². The molecule has 2 aliphatic rings. The Bertz CT molecular complexity index is 1160. The van der Waals surface area contributed by atoms with Crippen LogP contribution in [0.15, 0.2) is 54.6 Å². The third-order valence-corrected chi connectivity index (χ3v) is 6.72. The molecule has 3 aromatic rings. The van der Waals surface area contributed by atoms with Crippen molar-refractivity contribution in [1.29, 1.82) is 0 Å². The second kappa shape index (κ2) is 7.52. The number of alkyl halides is 1. The van der Waals surface area contributed by atoms with Crippen molar-refractivity contribution in [2.24, 2.45) is 5.92 Å². The summed E-state index contributed by atoms with van der Waals surface area (Å²) in [5, 5.41) is 22.7. The van der Waals surface area contributed by atoms with Gasteiger partial charge in [-0.1, -0.05) is 6.92 Å². The van der Waals surface area contributed by atoms with Gasteiger partial charge in [-0.3, -0.25) is 0 Å². The maximum absolute atomic E-state index is 15.5. The number of phenolic OH excluding ortho intramolecular Hbond substituents is 1. The molecule has 2 N–H and O–H groups in total. The standard InChI is InChI=1S/C25H28FN5O/c1-16-12-24(2)14-17(23(26)25(3,13-16)30-24)10-18-4-7-21(29-28-18)20-6-5-19(11-22(20)32)31-9-8-27-15-31/h4-11,15-16,23,30,32H,12-14H2,1-3H3/b17-10-/t16-,23-,24+,25-/m1/s1. The van der Waals surface area contributed by atoms with Gasteiger partial charge in [-0.2, -0.15) is 5.10 Å². The minimum absolute atomic E-state index is 0.100. The summed E-state index contributed by atoms with van der Waals surface area (Å²) in [7, 11) is 0. The van der Waals surface area contributed by atoms with Gasteiger partial charge >= 0.3 is 0 Å². The van der Waals surface area contributed by atoms with Crippen LogP contribution in [0, 0.1) is 5.92 Å². The van der Waals surface area contributed by atoms with Crippen molar-refractivity contribution in [1.82, 2.24) is 25.1 Å². The van der Waals surface area contributed by atoms with Gasteiger partial charge in [-0.05, 0) is 74.9 Å². The van der Waals surface area contributed by atoms with Gasteiger partial charge in [0.2, 0.25) is 0 Å². The van der Waals surface area contributed by atoms with Gasteiger partial charge in [0.1, 0.15) is 11.9 Å². The molecule has 2 aliphatic heterocycles. The number of aromatic hydroxyl groups is 1. The van der Waals surface area contributed by atoms with Gasteiger partial charge in [-0.15, -0.1) is 5.10 Å². The zero-order valence-electron chi connectivity index (χ0n) is 18.6. The van der Waals surface area contributed by atoms with Gasteiger partial charge < -0.3 is 15.0 Å². The molecule has 2 aromatic heterocycles. The summed E-state index contributed by atoms with van der Waals surface area (Å²) in [5.41, 5.74) is 2.71. The number of aromatic nitrogens is 4. The molecule has 0 saturated carbocycles. The molecular weight excluding hydrogens is 405 g/mol. The zero-order valence-corrected chi connectivity index (χ0v) is 18.6. The Hall–Kier alpha value is -3.06. The summed E-state index contributed by atoms with van der Waals surface area (Å²) < 4.78 is 17.3. The Morgan fingerprint density at radius 3 is 2.72 bits per heavy atom. The van der Waals surface area contributed by atoms with Gasteiger partial charge in [-0.25, -0.2) is 9.37 Å². The molecule has 1 aromatic carbocycles. The fraction of sp³-hybridized carbons (Fsp3) is 0.400. The molecule has 0 unspecified atom stereocenters. The molecule has 32 heavy (non-hydrogen) atoms. The van der Waals surface area contributed by atoms with Crippen molar-refractivity contribution < 1.29 is 9.50 Å². The third-order valence-electron chi connectivity index (χ3n) is 6.72. The lowest BCUT2D eigenvalue weighted by atomic mass is 9.65. The van der Waals surface area contributed by atoms with E-state index in [1.807, 2.05) is 42.0 Å². The number of phenols is 1. The number of hydrogen-bond acceptors (Lipinski definition) is 5. The molecular formula is C25H28FN5O. The first-order valence-electron chi connectivity index (χ1n) is 11.0. The summed E-state index contributed by atoms with van der Waals surface area (Å²) in [6, 6.07) is 9.00. The molecule has 6 nitrogen and oxygen atoms in total. The Labute approximate surface area is 187 Å². The van der Waals surface area contributed by atoms with E-state index in [1.54, 1.807) is 24.7 Å². The van der Waals surface area contributed by atoms with Crippen molar-refractivity contribution >= 4 is 6.08 Å². The predicted molar refractivity (Wildman–Crippen MR) is 122 cm³/mol. The quantitative estimate of drug-likeness (QED) is 0.626. The minimum Gasteiger partial charge on any atom is -0.507 e. The number of benzene rings is 1. The molecule has 0 aliphatic carbocycles. The maximum Gasteiger partial charge on any atom is 0.139 e. The molecule has 4 atom stereocenters. The first kappa shape index (κ1) is 20.8. The summed E-state index contributed by atoms with van der Waals surface area (Å²) in [6.45, 7) is 6.38. The van der Waals surface area contributed by atoms with Crippen molar-refractivity contribution in [3.05, 3.63) is 60.3 Å². The maximum atomic E-state index is 15.5. The Morgan fingerprint density at radius 1 is 1.19 bits per heavy atom. The van der Waals surface area contributed by atoms with Gasteiger partial charge in [0.25, 0.3) is 0 Å². The van der Waals surface area contributed by atoms with E-state index >= 15 is 4.39 Å². The summed E-state index contributed by atoms with van der Waals surface area (Å²) in [6.07, 6.45) is 8.47. The molecule has 2 saturated heterocycles. The van der Waals surface area contributed by atoms with Crippen LogP contribution in [0.4, 0.5) is 4.39 Å². The first-order valence-corrected chi connectivity index (χ1v) is 11.0. The Balaban J connectivity index is 1.40. The number of hydrogen-bond donors (Lipinski definition) is 2. The summed E-state index contributed by atoms with van der Waals surface area (Å²) in [4.78, 5) is 4.03. The highest BCUT2D eigenvalue weighted by Gasteiger charge is 2.52. The van der Waals surface area contributed by atoms with Crippen LogP contribution in [0.1, 0.15) is 45.7 Å². The molecule has 0 radical (unpaired) electrons. The Kier molecular flexibility index (Phi) is 4.89. The van der Waals surface area contributed by atoms with Crippen LogP contribution in [0.2, 0.25) is 0 Å². The van der Waals surface area contributed by atoms with Crippen LogP contribution in [0.5, 0.6) is 5.75 Å². The average Bonchev–Trinajstić information content (AvgIpc) is 3.26. The number of halogens is 1. The highest BCUT2D eigenvalue weighted by atomic mass is 19.1. The number of piperidine rings is 2. The second-order valence-electron chi connectivity index (χ2n) is 9.89.